The highest BCUT2D eigenvalue weighted by atomic mass is 35.5. The third kappa shape index (κ3) is 2.46. The van der Waals surface area contributed by atoms with E-state index >= 15 is 0 Å². The Morgan fingerprint density at radius 1 is 1.33 bits per heavy atom. The summed E-state index contributed by atoms with van der Waals surface area (Å²) in [6, 6.07) is 1.83. The highest BCUT2D eigenvalue weighted by molar-refractivity contribution is 6.33. The molecule has 0 aromatic heterocycles. The number of rotatable bonds is 5. The van der Waals surface area contributed by atoms with E-state index in [2.05, 4.69) is 0 Å². The van der Waals surface area contributed by atoms with Crippen molar-refractivity contribution in [3.05, 3.63) is 22.2 Å². The first kappa shape index (κ1) is 16.0. The molecule has 0 heterocycles. The van der Waals surface area contributed by atoms with Gasteiger partial charge in [0.15, 0.2) is 11.5 Å². The van der Waals surface area contributed by atoms with Crippen LogP contribution in [0.5, 0.6) is 11.5 Å². The molecule has 1 N–H and O–H groups in total. The monoisotopic (exact) mass is 312 g/mol. The molecular formula is C16H21ClO4. The average Bonchev–Trinajstić information content (AvgIpc) is 2.97. The number of hydrogen-bond donors (Lipinski definition) is 1. The van der Waals surface area contributed by atoms with Gasteiger partial charge in [0.1, 0.15) is 0 Å². The number of methoxy groups -OCH3 is 2. The van der Waals surface area contributed by atoms with Crippen molar-refractivity contribution in [2.75, 3.05) is 14.2 Å². The van der Waals surface area contributed by atoms with E-state index in [4.69, 9.17) is 21.1 Å². The second-order valence-corrected chi connectivity index (χ2v) is 5.79. The van der Waals surface area contributed by atoms with E-state index in [-0.39, 0.29) is 0 Å². The lowest BCUT2D eigenvalue weighted by molar-refractivity contribution is -0.143. The van der Waals surface area contributed by atoms with Crippen molar-refractivity contribution in [3.8, 4) is 11.5 Å². The molecule has 0 aliphatic heterocycles. The Morgan fingerprint density at radius 3 is 2.38 bits per heavy atom. The third-order valence-electron chi connectivity index (χ3n) is 4.41. The van der Waals surface area contributed by atoms with Crippen molar-refractivity contribution in [1.29, 1.82) is 0 Å². The van der Waals surface area contributed by atoms with Crippen LogP contribution in [0.2, 0.25) is 5.02 Å². The maximum absolute atomic E-state index is 12.0. The predicted octanol–water partition coefficient (Wildman–Crippen LogP) is 3.82. The van der Waals surface area contributed by atoms with E-state index < -0.39 is 11.4 Å². The first-order chi connectivity index (χ1) is 10.0. The fourth-order valence-electron chi connectivity index (χ4n) is 3.26. The van der Waals surface area contributed by atoms with Gasteiger partial charge in [-0.1, -0.05) is 31.4 Å². The Balaban J connectivity index is 2.78. The van der Waals surface area contributed by atoms with Gasteiger partial charge < -0.3 is 14.6 Å². The van der Waals surface area contributed by atoms with Crippen molar-refractivity contribution in [3.63, 3.8) is 0 Å². The number of halogens is 1. The van der Waals surface area contributed by atoms with Gasteiger partial charge in [0.2, 0.25) is 0 Å². The summed E-state index contributed by atoms with van der Waals surface area (Å²) in [5.74, 6) is 0.154. The molecule has 1 aliphatic carbocycles. The number of benzene rings is 1. The van der Waals surface area contributed by atoms with E-state index in [1.807, 2.05) is 13.0 Å². The second-order valence-electron chi connectivity index (χ2n) is 5.41. The van der Waals surface area contributed by atoms with E-state index in [0.717, 1.165) is 18.4 Å². The Bertz CT molecular complexity index is 548. The van der Waals surface area contributed by atoms with Crippen LogP contribution in [0.4, 0.5) is 0 Å². The van der Waals surface area contributed by atoms with E-state index in [1.54, 1.807) is 7.11 Å². The maximum Gasteiger partial charge on any atom is 0.314 e. The van der Waals surface area contributed by atoms with E-state index in [0.29, 0.717) is 41.3 Å². The summed E-state index contributed by atoms with van der Waals surface area (Å²) in [5, 5.41) is 10.3. The number of aliphatic carboxylic acids is 1. The van der Waals surface area contributed by atoms with Crippen LogP contribution in [0.3, 0.4) is 0 Å². The van der Waals surface area contributed by atoms with Crippen molar-refractivity contribution in [1.82, 2.24) is 0 Å². The Hall–Kier alpha value is -1.42. The molecule has 0 spiro atoms. The van der Waals surface area contributed by atoms with Crippen LogP contribution in [-0.4, -0.2) is 25.3 Å². The van der Waals surface area contributed by atoms with Gasteiger partial charge >= 0.3 is 5.97 Å². The molecule has 1 aliphatic rings. The summed E-state index contributed by atoms with van der Waals surface area (Å²) >= 11 is 6.54. The summed E-state index contributed by atoms with van der Waals surface area (Å²) in [6.45, 7) is 1.99. The first-order valence-corrected chi connectivity index (χ1v) is 7.56. The van der Waals surface area contributed by atoms with E-state index in [1.165, 1.54) is 7.11 Å². The zero-order valence-electron chi connectivity index (χ0n) is 12.7. The smallest absolute Gasteiger partial charge is 0.314 e. The Morgan fingerprint density at radius 2 is 1.95 bits per heavy atom. The maximum atomic E-state index is 12.0. The number of ether oxygens (including phenoxy) is 2. The molecule has 0 bridgehead atoms. The molecule has 116 valence electrons. The van der Waals surface area contributed by atoms with Gasteiger partial charge in [-0.05, 0) is 30.9 Å². The van der Waals surface area contributed by atoms with Crippen LogP contribution in [-0.2, 0) is 16.6 Å². The zero-order chi connectivity index (χ0) is 15.6. The summed E-state index contributed by atoms with van der Waals surface area (Å²) in [6.07, 6.45) is 3.63. The summed E-state index contributed by atoms with van der Waals surface area (Å²) in [7, 11) is 3.07. The van der Waals surface area contributed by atoms with Gasteiger partial charge in [-0.2, -0.15) is 0 Å². The van der Waals surface area contributed by atoms with Crippen LogP contribution in [0.15, 0.2) is 6.07 Å². The number of carboxylic acid groups (broad SMARTS) is 1. The molecule has 1 aromatic rings. The highest BCUT2D eigenvalue weighted by Gasteiger charge is 2.47. The minimum atomic E-state index is -0.971. The Labute approximate surface area is 130 Å². The lowest BCUT2D eigenvalue weighted by atomic mass is 9.77. The van der Waals surface area contributed by atoms with Crippen LogP contribution >= 0.6 is 11.6 Å². The zero-order valence-corrected chi connectivity index (χ0v) is 13.4. The SMILES string of the molecule is CCc1cc(OC)c(OC)c(C2(C(=O)O)CCCC2)c1Cl. The summed E-state index contributed by atoms with van der Waals surface area (Å²) in [5.41, 5.74) is 0.491. The third-order valence-corrected chi connectivity index (χ3v) is 4.84. The minimum Gasteiger partial charge on any atom is -0.493 e. The molecule has 2 rings (SSSR count). The molecule has 1 saturated carbocycles. The van der Waals surface area contributed by atoms with Crippen molar-refractivity contribution in [2.24, 2.45) is 0 Å². The minimum absolute atomic E-state index is 0.448. The van der Waals surface area contributed by atoms with Gasteiger partial charge in [0.05, 0.1) is 24.7 Å². The highest BCUT2D eigenvalue weighted by Crippen LogP contribution is 2.51. The van der Waals surface area contributed by atoms with Gasteiger partial charge in [-0.15, -0.1) is 0 Å². The van der Waals surface area contributed by atoms with Crippen LogP contribution in [0.1, 0.15) is 43.7 Å². The molecule has 0 saturated heterocycles. The van der Waals surface area contributed by atoms with Crippen LogP contribution < -0.4 is 9.47 Å². The van der Waals surface area contributed by atoms with Crippen molar-refractivity contribution in [2.45, 2.75) is 44.4 Å². The quantitative estimate of drug-likeness (QED) is 0.898. The molecule has 1 aromatic carbocycles. The summed E-state index contributed by atoms with van der Waals surface area (Å²) in [4.78, 5) is 12.0. The van der Waals surface area contributed by atoms with E-state index in [9.17, 15) is 9.90 Å². The normalized spacial score (nSPS) is 16.8. The second kappa shape index (κ2) is 6.14. The van der Waals surface area contributed by atoms with Gasteiger partial charge in [-0.3, -0.25) is 4.79 Å². The number of carboxylic acids is 1. The lowest BCUT2D eigenvalue weighted by Crippen LogP contribution is -2.33. The molecule has 5 heteroatoms. The van der Waals surface area contributed by atoms with Gasteiger partial charge in [0.25, 0.3) is 0 Å². The van der Waals surface area contributed by atoms with Crippen LogP contribution in [0, 0.1) is 0 Å². The molecular weight excluding hydrogens is 292 g/mol. The molecule has 0 unspecified atom stereocenters. The summed E-state index contributed by atoms with van der Waals surface area (Å²) < 4.78 is 10.8. The molecule has 0 radical (unpaired) electrons. The molecule has 1 fully saturated rings. The Kier molecular flexibility index (Phi) is 4.67. The number of carbonyl (C=O) groups is 1. The van der Waals surface area contributed by atoms with Crippen molar-refractivity contribution >= 4 is 17.6 Å². The fourth-order valence-corrected chi connectivity index (χ4v) is 3.71. The molecule has 0 amide bonds. The number of aryl methyl sites for hydroxylation is 1. The molecule has 0 atom stereocenters. The van der Waals surface area contributed by atoms with Gasteiger partial charge in [-0.25, -0.2) is 0 Å². The molecule has 21 heavy (non-hydrogen) atoms. The molecule has 4 nitrogen and oxygen atoms in total. The number of hydrogen-bond acceptors (Lipinski definition) is 3. The van der Waals surface area contributed by atoms with Crippen molar-refractivity contribution < 1.29 is 19.4 Å². The van der Waals surface area contributed by atoms with Gasteiger partial charge in [0, 0.05) is 5.56 Å². The predicted molar refractivity (Wildman–Crippen MR) is 81.7 cm³/mol. The standard InChI is InChI=1S/C16H21ClO4/c1-4-10-9-11(20-2)14(21-3)12(13(10)17)16(15(18)19)7-5-6-8-16/h9H,4-8H2,1-3H3,(H,18,19). The average molecular weight is 313 g/mol. The largest absolute Gasteiger partial charge is 0.493 e. The topological polar surface area (TPSA) is 55.8 Å². The lowest BCUT2D eigenvalue weighted by Gasteiger charge is -2.29. The van der Waals surface area contributed by atoms with Crippen LogP contribution in [0.25, 0.3) is 0 Å². The fraction of sp³-hybridized carbons (Fsp3) is 0.562. The first-order valence-electron chi connectivity index (χ1n) is 7.19.